The molecule has 1 fully saturated rings. The largest absolute Gasteiger partial charge is 0.385 e. The van der Waals surface area contributed by atoms with Crippen molar-refractivity contribution >= 4 is 11.6 Å². The molecule has 0 saturated heterocycles. The lowest BCUT2D eigenvalue weighted by atomic mass is 9.74. The zero-order valence-electron chi connectivity index (χ0n) is 10.8. The van der Waals surface area contributed by atoms with Crippen LogP contribution >= 0.6 is 11.6 Å². The summed E-state index contributed by atoms with van der Waals surface area (Å²) in [5.74, 6) is 0.296. The van der Waals surface area contributed by atoms with Crippen LogP contribution in [0.1, 0.15) is 51.0 Å². The van der Waals surface area contributed by atoms with Crippen molar-refractivity contribution in [3.63, 3.8) is 0 Å². The van der Waals surface area contributed by atoms with E-state index in [0.717, 1.165) is 12.8 Å². The Hall–Kier alpha value is -0.600. The fourth-order valence-electron chi connectivity index (χ4n) is 2.99. The van der Waals surface area contributed by atoms with Crippen LogP contribution in [0, 0.1) is 11.7 Å². The SMILES string of the molecule is CCCC1CCC(O)(c2ccc(Cl)cc2F)CC1. The molecule has 0 radical (unpaired) electrons. The highest BCUT2D eigenvalue weighted by molar-refractivity contribution is 6.30. The highest BCUT2D eigenvalue weighted by atomic mass is 35.5. The molecule has 0 aromatic heterocycles. The minimum atomic E-state index is -1.00. The van der Waals surface area contributed by atoms with Crippen LogP contribution in [-0.4, -0.2) is 5.11 Å². The van der Waals surface area contributed by atoms with Gasteiger partial charge in [-0.05, 0) is 43.7 Å². The molecule has 1 aromatic carbocycles. The molecule has 1 saturated carbocycles. The third-order valence-corrected chi connectivity index (χ3v) is 4.30. The van der Waals surface area contributed by atoms with Gasteiger partial charge in [-0.25, -0.2) is 4.39 Å². The van der Waals surface area contributed by atoms with E-state index in [0.29, 0.717) is 29.3 Å². The molecule has 100 valence electrons. The maximum absolute atomic E-state index is 13.9. The van der Waals surface area contributed by atoms with E-state index >= 15 is 0 Å². The quantitative estimate of drug-likeness (QED) is 0.847. The predicted molar refractivity (Wildman–Crippen MR) is 72.2 cm³/mol. The molecular weight excluding hydrogens is 251 g/mol. The van der Waals surface area contributed by atoms with Gasteiger partial charge in [0.25, 0.3) is 0 Å². The van der Waals surface area contributed by atoms with Crippen molar-refractivity contribution in [3.05, 3.63) is 34.6 Å². The molecule has 1 aliphatic rings. The lowest BCUT2D eigenvalue weighted by Gasteiger charge is -2.36. The molecule has 0 aliphatic heterocycles. The van der Waals surface area contributed by atoms with E-state index in [1.807, 2.05) is 0 Å². The molecule has 2 rings (SSSR count). The summed E-state index contributed by atoms with van der Waals surface area (Å²) in [6.45, 7) is 2.18. The number of hydrogen-bond acceptors (Lipinski definition) is 1. The van der Waals surface area contributed by atoms with Gasteiger partial charge in [0.05, 0.1) is 5.60 Å². The summed E-state index contributed by atoms with van der Waals surface area (Å²) in [7, 11) is 0. The second-order valence-corrected chi connectivity index (χ2v) is 5.82. The minimum absolute atomic E-state index is 0.375. The van der Waals surface area contributed by atoms with Gasteiger partial charge in [-0.3, -0.25) is 0 Å². The molecule has 1 nitrogen and oxygen atoms in total. The summed E-state index contributed by atoms with van der Waals surface area (Å²) in [5, 5.41) is 11.0. The van der Waals surface area contributed by atoms with Crippen molar-refractivity contribution in [1.82, 2.24) is 0 Å². The summed E-state index contributed by atoms with van der Waals surface area (Å²) >= 11 is 5.74. The number of halogens is 2. The molecular formula is C15H20ClFO. The van der Waals surface area contributed by atoms with E-state index < -0.39 is 5.60 Å². The number of rotatable bonds is 3. The van der Waals surface area contributed by atoms with Crippen LogP contribution in [0.25, 0.3) is 0 Å². The average Bonchev–Trinajstić information content (AvgIpc) is 2.32. The Morgan fingerprint density at radius 3 is 2.61 bits per heavy atom. The normalized spacial score (nSPS) is 28.3. The Morgan fingerprint density at radius 1 is 1.39 bits per heavy atom. The first-order valence-corrected chi connectivity index (χ1v) is 7.11. The molecule has 0 amide bonds. The van der Waals surface area contributed by atoms with Crippen molar-refractivity contribution in [1.29, 1.82) is 0 Å². The van der Waals surface area contributed by atoms with E-state index in [4.69, 9.17) is 11.6 Å². The molecule has 0 spiro atoms. The second kappa shape index (κ2) is 5.58. The third kappa shape index (κ3) is 2.86. The van der Waals surface area contributed by atoms with Crippen molar-refractivity contribution in [2.75, 3.05) is 0 Å². The predicted octanol–water partition coefficient (Wildman–Crippen LogP) is 4.66. The van der Waals surface area contributed by atoms with Gasteiger partial charge in [-0.2, -0.15) is 0 Å². The summed E-state index contributed by atoms with van der Waals surface area (Å²) in [5.41, 5.74) is -0.597. The first-order valence-electron chi connectivity index (χ1n) is 6.73. The van der Waals surface area contributed by atoms with Crippen LogP contribution in [0.5, 0.6) is 0 Å². The van der Waals surface area contributed by atoms with Crippen molar-refractivity contribution in [3.8, 4) is 0 Å². The van der Waals surface area contributed by atoms with Gasteiger partial charge in [0.15, 0.2) is 0 Å². The van der Waals surface area contributed by atoms with Crippen LogP contribution in [-0.2, 0) is 5.60 Å². The highest BCUT2D eigenvalue weighted by Crippen LogP contribution is 2.41. The van der Waals surface area contributed by atoms with E-state index in [1.165, 1.54) is 18.9 Å². The smallest absolute Gasteiger partial charge is 0.130 e. The molecule has 0 atom stereocenters. The Labute approximate surface area is 113 Å². The summed E-state index contributed by atoms with van der Waals surface area (Å²) in [6, 6.07) is 4.56. The van der Waals surface area contributed by atoms with Gasteiger partial charge in [0, 0.05) is 10.6 Å². The summed E-state index contributed by atoms with van der Waals surface area (Å²) in [6.07, 6.45) is 5.64. The van der Waals surface area contributed by atoms with E-state index in [9.17, 15) is 9.50 Å². The zero-order chi connectivity index (χ0) is 13.2. The number of hydrogen-bond donors (Lipinski definition) is 1. The van der Waals surface area contributed by atoms with Gasteiger partial charge in [-0.15, -0.1) is 0 Å². The molecule has 0 bridgehead atoms. The van der Waals surface area contributed by atoms with E-state index in [2.05, 4.69) is 6.92 Å². The van der Waals surface area contributed by atoms with Gasteiger partial charge < -0.3 is 5.11 Å². The Balaban J connectivity index is 2.13. The van der Waals surface area contributed by atoms with Gasteiger partial charge >= 0.3 is 0 Å². The minimum Gasteiger partial charge on any atom is -0.385 e. The second-order valence-electron chi connectivity index (χ2n) is 5.39. The Kier molecular flexibility index (Phi) is 4.29. The van der Waals surface area contributed by atoms with Crippen LogP contribution < -0.4 is 0 Å². The van der Waals surface area contributed by atoms with Crippen LogP contribution in [0.4, 0.5) is 4.39 Å². The maximum atomic E-state index is 13.9. The molecule has 1 aromatic rings. The average molecular weight is 271 g/mol. The van der Waals surface area contributed by atoms with Crippen LogP contribution in [0.3, 0.4) is 0 Å². The van der Waals surface area contributed by atoms with Gasteiger partial charge in [-0.1, -0.05) is 37.4 Å². The fourth-order valence-corrected chi connectivity index (χ4v) is 3.15. The molecule has 3 heteroatoms. The lowest BCUT2D eigenvalue weighted by Crippen LogP contribution is -2.32. The zero-order valence-corrected chi connectivity index (χ0v) is 11.5. The van der Waals surface area contributed by atoms with E-state index in [1.54, 1.807) is 12.1 Å². The van der Waals surface area contributed by atoms with Crippen molar-refractivity contribution < 1.29 is 9.50 Å². The Morgan fingerprint density at radius 2 is 2.06 bits per heavy atom. The summed E-state index contributed by atoms with van der Waals surface area (Å²) in [4.78, 5) is 0. The molecule has 1 N–H and O–H groups in total. The van der Waals surface area contributed by atoms with Gasteiger partial charge in [0.1, 0.15) is 5.82 Å². The third-order valence-electron chi connectivity index (χ3n) is 4.06. The first-order chi connectivity index (χ1) is 8.55. The first kappa shape index (κ1) is 13.8. The van der Waals surface area contributed by atoms with Crippen LogP contribution in [0.15, 0.2) is 18.2 Å². The fraction of sp³-hybridized carbons (Fsp3) is 0.600. The number of benzene rings is 1. The number of aliphatic hydroxyl groups is 1. The molecule has 0 unspecified atom stereocenters. The van der Waals surface area contributed by atoms with Crippen molar-refractivity contribution in [2.24, 2.45) is 5.92 Å². The molecule has 0 heterocycles. The van der Waals surface area contributed by atoms with Gasteiger partial charge in [0.2, 0.25) is 0 Å². The summed E-state index contributed by atoms with van der Waals surface area (Å²) < 4.78 is 13.9. The Bertz CT molecular complexity index is 411. The monoisotopic (exact) mass is 270 g/mol. The standard InChI is InChI=1S/C15H20ClFO/c1-2-3-11-6-8-15(18,9-7-11)13-5-4-12(16)10-14(13)17/h4-5,10-11,18H,2-3,6-9H2,1H3. The topological polar surface area (TPSA) is 20.2 Å². The highest BCUT2D eigenvalue weighted by Gasteiger charge is 2.36. The maximum Gasteiger partial charge on any atom is 0.130 e. The molecule has 18 heavy (non-hydrogen) atoms. The van der Waals surface area contributed by atoms with Crippen LogP contribution in [0.2, 0.25) is 5.02 Å². The lowest BCUT2D eigenvalue weighted by molar-refractivity contribution is -0.0180. The van der Waals surface area contributed by atoms with E-state index in [-0.39, 0.29) is 5.82 Å². The van der Waals surface area contributed by atoms with Crippen molar-refractivity contribution in [2.45, 2.75) is 51.0 Å². The molecule has 1 aliphatic carbocycles.